The predicted octanol–water partition coefficient (Wildman–Crippen LogP) is 5.48. The van der Waals surface area contributed by atoms with Gasteiger partial charge in [-0.05, 0) is 38.1 Å². The minimum absolute atomic E-state index is 0.847. The summed E-state index contributed by atoms with van der Waals surface area (Å²) in [6, 6.07) is 17.0. The van der Waals surface area contributed by atoms with E-state index in [1.165, 1.54) is 20.9 Å². The number of benzene rings is 3. The maximum atomic E-state index is 6.48. The van der Waals surface area contributed by atoms with Crippen molar-refractivity contribution in [3.8, 4) is 0 Å². The second-order valence-corrected chi connectivity index (χ2v) is 7.02. The number of nitrogens with zero attached hydrogens (tertiary/aromatic N) is 1. The van der Waals surface area contributed by atoms with Gasteiger partial charge in [0.25, 0.3) is 0 Å². The Balaban J connectivity index is 1.96. The summed E-state index contributed by atoms with van der Waals surface area (Å²) in [6.07, 6.45) is 0. The van der Waals surface area contributed by atoms with Crippen LogP contribution in [0.25, 0.3) is 10.8 Å². The van der Waals surface area contributed by atoms with Crippen molar-refractivity contribution in [2.24, 2.45) is 0 Å². The zero-order valence-corrected chi connectivity index (χ0v) is 14.8. The third-order valence-electron chi connectivity index (χ3n) is 4.60. The Labute approximate surface area is 146 Å². The van der Waals surface area contributed by atoms with Crippen molar-refractivity contribution < 1.29 is 0 Å². The summed E-state index contributed by atoms with van der Waals surface area (Å²) in [5.74, 6) is 0. The lowest BCUT2D eigenvalue weighted by atomic mass is 10.0. The van der Waals surface area contributed by atoms with E-state index in [4.69, 9.17) is 5.73 Å². The first-order valence-corrected chi connectivity index (χ1v) is 9.18. The van der Waals surface area contributed by atoms with Crippen molar-refractivity contribution in [1.82, 2.24) is 0 Å². The van der Waals surface area contributed by atoms with Gasteiger partial charge in [-0.1, -0.05) is 36.0 Å². The van der Waals surface area contributed by atoms with Crippen molar-refractivity contribution in [3.63, 3.8) is 0 Å². The van der Waals surface area contributed by atoms with Crippen LogP contribution in [0.1, 0.15) is 13.8 Å². The Morgan fingerprint density at radius 2 is 1.79 bits per heavy atom. The van der Waals surface area contributed by atoms with Gasteiger partial charge in [0.15, 0.2) is 0 Å². The second kappa shape index (κ2) is 5.95. The van der Waals surface area contributed by atoms with E-state index in [1.807, 2.05) is 0 Å². The third-order valence-corrected chi connectivity index (χ3v) is 5.72. The van der Waals surface area contributed by atoms with Gasteiger partial charge < -0.3 is 16.0 Å². The summed E-state index contributed by atoms with van der Waals surface area (Å²) in [5, 5.41) is 5.95. The molecule has 24 heavy (non-hydrogen) atoms. The van der Waals surface area contributed by atoms with E-state index < -0.39 is 0 Å². The number of rotatable bonds is 3. The van der Waals surface area contributed by atoms with Gasteiger partial charge in [-0.3, -0.25) is 0 Å². The SMILES string of the molecule is CCN(CC)c1cccc2c3c(cc(N)c12)Sc1ccccc1N3. The van der Waals surface area contributed by atoms with Crippen LogP contribution >= 0.6 is 11.8 Å². The number of hydrogen-bond acceptors (Lipinski definition) is 4. The minimum Gasteiger partial charge on any atom is -0.398 e. The van der Waals surface area contributed by atoms with Crippen LogP contribution in [-0.4, -0.2) is 13.1 Å². The minimum atomic E-state index is 0.847. The third kappa shape index (κ3) is 2.29. The Bertz CT molecular complexity index is 916. The zero-order chi connectivity index (χ0) is 16.7. The van der Waals surface area contributed by atoms with E-state index in [0.29, 0.717) is 0 Å². The zero-order valence-electron chi connectivity index (χ0n) is 14.0. The summed E-state index contributed by atoms with van der Waals surface area (Å²) >= 11 is 1.78. The quantitative estimate of drug-likeness (QED) is 0.487. The van der Waals surface area contributed by atoms with Gasteiger partial charge in [0.1, 0.15) is 0 Å². The molecular weight excluding hydrogens is 314 g/mol. The molecule has 0 spiro atoms. The van der Waals surface area contributed by atoms with Crippen LogP contribution in [0.3, 0.4) is 0 Å². The van der Waals surface area contributed by atoms with Gasteiger partial charge >= 0.3 is 0 Å². The van der Waals surface area contributed by atoms with E-state index in [0.717, 1.165) is 35.5 Å². The van der Waals surface area contributed by atoms with Crippen molar-refractivity contribution in [1.29, 1.82) is 0 Å². The first kappa shape index (κ1) is 15.2. The molecule has 3 nitrogen and oxygen atoms in total. The Morgan fingerprint density at radius 3 is 2.58 bits per heavy atom. The Hall–Kier alpha value is -2.33. The highest BCUT2D eigenvalue weighted by Gasteiger charge is 2.21. The summed E-state index contributed by atoms with van der Waals surface area (Å²) in [7, 11) is 0. The van der Waals surface area contributed by atoms with E-state index in [9.17, 15) is 0 Å². The first-order chi connectivity index (χ1) is 11.7. The van der Waals surface area contributed by atoms with Crippen molar-refractivity contribution in [2.45, 2.75) is 23.6 Å². The number of nitrogens with two attached hydrogens (primary N) is 1. The molecule has 0 bridgehead atoms. The number of nitrogens with one attached hydrogen (secondary N) is 1. The summed E-state index contributed by atoms with van der Waals surface area (Å²) in [6.45, 7) is 6.30. The maximum Gasteiger partial charge on any atom is 0.0608 e. The highest BCUT2D eigenvalue weighted by molar-refractivity contribution is 7.99. The fourth-order valence-electron chi connectivity index (χ4n) is 3.42. The van der Waals surface area contributed by atoms with Crippen LogP contribution in [0, 0.1) is 0 Å². The van der Waals surface area contributed by atoms with E-state index >= 15 is 0 Å². The molecule has 3 N–H and O–H groups in total. The van der Waals surface area contributed by atoms with Gasteiger partial charge in [0, 0.05) is 45.0 Å². The van der Waals surface area contributed by atoms with Crippen LogP contribution in [0.4, 0.5) is 22.7 Å². The van der Waals surface area contributed by atoms with Gasteiger partial charge in [-0.15, -0.1) is 0 Å². The smallest absolute Gasteiger partial charge is 0.0608 e. The van der Waals surface area contributed by atoms with Crippen LogP contribution in [0.15, 0.2) is 58.3 Å². The Kier molecular flexibility index (Phi) is 3.77. The molecule has 0 radical (unpaired) electrons. The van der Waals surface area contributed by atoms with Crippen molar-refractivity contribution in [3.05, 3.63) is 48.5 Å². The standard InChI is InChI=1S/C20H21N3S/c1-3-23(4-2)16-10-7-8-13-19(16)14(21)12-18-20(13)22-15-9-5-6-11-17(15)24-18/h5-12,22H,3-4,21H2,1-2H3. The molecule has 1 aliphatic rings. The molecule has 3 aromatic rings. The molecule has 1 heterocycles. The Morgan fingerprint density at radius 1 is 1.00 bits per heavy atom. The fourth-order valence-corrected chi connectivity index (χ4v) is 4.48. The molecule has 3 aromatic carbocycles. The van der Waals surface area contributed by atoms with Crippen LogP contribution < -0.4 is 16.0 Å². The van der Waals surface area contributed by atoms with Crippen molar-refractivity contribution >= 4 is 45.3 Å². The number of anilines is 4. The molecule has 0 atom stereocenters. The monoisotopic (exact) mass is 335 g/mol. The number of para-hydroxylation sites is 1. The normalized spacial score (nSPS) is 12.4. The molecule has 1 aliphatic heterocycles. The molecular formula is C20H21N3S. The molecule has 0 aliphatic carbocycles. The topological polar surface area (TPSA) is 41.3 Å². The average Bonchev–Trinajstić information content (AvgIpc) is 2.61. The molecule has 0 fully saturated rings. The summed E-state index contributed by atoms with van der Waals surface area (Å²) in [5.41, 5.74) is 10.9. The lowest BCUT2D eigenvalue weighted by Gasteiger charge is -2.27. The molecule has 0 amide bonds. The van der Waals surface area contributed by atoms with Gasteiger partial charge in [0.2, 0.25) is 0 Å². The molecule has 0 unspecified atom stereocenters. The largest absolute Gasteiger partial charge is 0.398 e. The summed E-state index contributed by atoms with van der Waals surface area (Å²) < 4.78 is 0. The molecule has 4 rings (SSSR count). The van der Waals surface area contributed by atoms with Crippen molar-refractivity contribution in [2.75, 3.05) is 29.0 Å². The average molecular weight is 335 g/mol. The lowest BCUT2D eigenvalue weighted by Crippen LogP contribution is -2.22. The van der Waals surface area contributed by atoms with Gasteiger partial charge in [0.05, 0.1) is 11.4 Å². The number of nitrogen functional groups attached to an aromatic ring is 1. The molecule has 0 aromatic heterocycles. The van der Waals surface area contributed by atoms with E-state index in [2.05, 4.69) is 72.6 Å². The maximum absolute atomic E-state index is 6.48. The fraction of sp³-hybridized carbons (Fsp3) is 0.200. The first-order valence-electron chi connectivity index (χ1n) is 8.37. The van der Waals surface area contributed by atoms with Crippen LogP contribution in [0.2, 0.25) is 0 Å². The van der Waals surface area contributed by atoms with Gasteiger partial charge in [-0.2, -0.15) is 0 Å². The molecule has 0 saturated heterocycles. The number of fused-ring (bicyclic) bond motifs is 4. The molecule has 0 saturated carbocycles. The highest BCUT2D eigenvalue weighted by Crippen LogP contribution is 2.49. The summed E-state index contributed by atoms with van der Waals surface area (Å²) in [4.78, 5) is 4.79. The molecule has 122 valence electrons. The number of hydrogen-bond donors (Lipinski definition) is 2. The highest BCUT2D eigenvalue weighted by atomic mass is 32.2. The lowest BCUT2D eigenvalue weighted by molar-refractivity contribution is 0.871. The predicted molar refractivity (Wildman–Crippen MR) is 106 cm³/mol. The molecule has 4 heteroatoms. The van der Waals surface area contributed by atoms with E-state index in [-0.39, 0.29) is 0 Å². The van der Waals surface area contributed by atoms with E-state index in [1.54, 1.807) is 11.8 Å². The van der Waals surface area contributed by atoms with Gasteiger partial charge in [-0.25, -0.2) is 0 Å². The second-order valence-electron chi connectivity index (χ2n) is 5.93. The van der Waals surface area contributed by atoms with Crippen LogP contribution in [-0.2, 0) is 0 Å². The van der Waals surface area contributed by atoms with Crippen LogP contribution in [0.5, 0.6) is 0 Å².